The van der Waals surface area contributed by atoms with Gasteiger partial charge >= 0.3 is 6.03 Å². The van der Waals surface area contributed by atoms with Gasteiger partial charge in [-0.3, -0.25) is 5.32 Å². The number of amides is 2. The monoisotopic (exact) mass is 573 g/mol. The van der Waals surface area contributed by atoms with Crippen molar-refractivity contribution in [1.82, 2.24) is 20.2 Å². The van der Waals surface area contributed by atoms with Crippen LogP contribution in [-0.4, -0.2) is 74.4 Å². The number of halogens is 2. The maximum absolute atomic E-state index is 12.5. The Labute approximate surface area is 238 Å². The number of ether oxygens (including phenoxy) is 2. The van der Waals surface area contributed by atoms with Crippen LogP contribution in [-0.2, 0) is 6.42 Å². The minimum Gasteiger partial charge on any atom is -0.495 e. The molecule has 1 saturated heterocycles. The molecule has 0 saturated carbocycles. The highest BCUT2D eigenvalue weighted by atomic mass is 35.5. The molecule has 2 aromatic carbocycles. The highest BCUT2D eigenvalue weighted by molar-refractivity contribution is 6.37. The molecular formula is C27H33Cl2N7O3. The van der Waals surface area contributed by atoms with Crippen LogP contribution in [0.5, 0.6) is 11.5 Å². The third-order valence-corrected chi connectivity index (χ3v) is 7.39. The van der Waals surface area contributed by atoms with Gasteiger partial charge in [-0.25, -0.2) is 14.8 Å². The third-order valence-electron chi connectivity index (χ3n) is 6.56. The van der Waals surface area contributed by atoms with Crippen molar-refractivity contribution >= 4 is 52.2 Å². The fraction of sp³-hybridized carbons (Fsp3) is 0.370. The molecule has 0 atom stereocenters. The Hall–Kier alpha value is -3.47. The maximum atomic E-state index is 12.5. The lowest BCUT2D eigenvalue weighted by Gasteiger charge is -2.35. The van der Waals surface area contributed by atoms with Crippen LogP contribution in [0.3, 0.4) is 0 Å². The molecule has 208 valence electrons. The molecule has 0 unspecified atom stereocenters. The van der Waals surface area contributed by atoms with E-state index in [9.17, 15) is 4.79 Å². The quantitative estimate of drug-likeness (QED) is 0.309. The summed E-state index contributed by atoms with van der Waals surface area (Å²) in [6, 6.07) is 11.1. The minimum atomic E-state index is -0.422. The number of nitrogens with one attached hydrogen (secondary N) is 3. The predicted octanol–water partition coefficient (Wildman–Crippen LogP) is 5.05. The summed E-state index contributed by atoms with van der Waals surface area (Å²) in [6.07, 6.45) is 1.76. The summed E-state index contributed by atoms with van der Waals surface area (Å²) in [4.78, 5) is 25.7. The largest absolute Gasteiger partial charge is 0.495 e. The van der Waals surface area contributed by atoms with Gasteiger partial charge in [-0.1, -0.05) is 30.1 Å². The highest BCUT2D eigenvalue weighted by Gasteiger charge is 2.18. The average molecular weight is 575 g/mol. The molecule has 10 nitrogen and oxygen atoms in total. The molecule has 1 aromatic heterocycles. The molecule has 0 aliphatic carbocycles. The number of benzene rings is 2. The summed E-state index contributed by atoms with van der Waals surface area (Å²) < 4.78 is 10.6. The molecule has 0 bridgehead atoms. The first-order valence-electron chi connectivity index (χ1n) is 12.7. The summed E-state index contributed by atoms with van der Waals surface area (Å²) in [7, 11) is 3.03. The van der Waals surface area contributed by atoms with Gasteiger partial charge in [0.05, 0.1) is 24.3 Å². The third kappa shape index (κ3) is 7.35. The summed E-state index contributed by atoms with van der Waals surface area (Å²) in [5.74, 6) is 1.81. The maximum Gasteiger partial charge on any atom is 0.320 e. The number of piperazine rings is 1. The Morgan fingerprint density at radius 1 is 0.949 bits per heavy atom. The summed E-state index contributed by atoms with van der Waals surface area (Å²) in [5.41, 5.74) is 2.72. The van der Waals surface area contributed by atoms with Crippen molar-refractivity contribution in [3.8, 4) is 11.5 Å². The van der Waals surface area contributed by atoms with Crippen molar-refractivity contribution in [2.24, 2.45) is 0 Å². The van der Waals surface area contributed by atoms with Crippen molar-refractivity contribution < 1.29 is 14.3 Å². The second kappa shape index (κ2) is 13.5. The van der Waals surface area contributed by atoms with Gasteiger partial charge in [-0.2, -0.15) is 0 Å². The minimum absolute atomic E-state index is 0.275. The van der Waals surface area contributed by atoms with E-state index in [-0.39, 0.29) is 6.54 Å². The van der Waals surface area contributed by atoms with E-state index in [0.29, 0.717) is 45.2 Å². The van der Waals surface area contributed by atoms with Crippen LogP contribution < -0.4 is 30.3 Å². The number of aromatic nitrogens is 2. The van der Waals surface area contributed by atoms with Crippen LogP contribution in [0.4, 0.5) is 27.8 Å². The summed E-state index contributed by atoms with van der Waals surface area (Å²) >= 11 is 12.8. The smallest absolute Gasteiger partial charge is 0.320 e. The Morgan fingerprint density at radius 3 is 2.21 bits per heavy atom. The Bertz CT molecular complexity index is 1240. The molecule has 1 fully saturated rings. The molecule has 12 heteroatoms. The van der Waals surface area contributed by atoms with Gasteiger partial charge in [0, 0.05) is 56.2 Å². The molecule has 4 rings (SSSR count). The molecule has 0 radical (unpaired) electrons. The molecular weight excluding hydrogens is 541 g/mol. The molecule has 1 aliphatic rings. The van der Waals surface area contributed by atoms with Crippen molar-refractivity contribution in [3.63, 3.8) is 0 Å². The molecule has 1 aliphatic heterocycles. The van der Waals surface area contributed by atoms with Crippen LogP contribution in [0.2, 0.25) is 10.0 Å². The van der Waals surface area contributed by atoms with E-state index in [1.54, 1.807) is 12.1 Å². The van der Waals surface area contributed by atoms with Crippen LogP contribution in [0.25, 0.3) is 0 Å². The number of likely N-dealkylation sites (N-methyl/N-ethyl adjacent to an activating group) is 1. The van der Waals surface area contributed by atoms with Crippen molar-refractivity contribution in [2.45, 2.75) is 13.3 Å². The van der Waals surface area contributed by atoms with Crippen molar-refractivity contribution in [3.05, 3.63) is 58.3 Å². The zero-order valence-electron chi connectivity index (χ0n) is 22.3. The molecule has 39 heavy (non-hydrogen) atoms. The fourth-order valence-electron chi connectivity index (χ4n) is 4.34. The topological polar surface area (TPSA) is 104 Å². The van der Waals surface area contributed by atoms with E-state index in [1.807, 2.05) is 12.1 Å². The number of carbonyl (C=O) groups excluding carboxylic acids is 1. The summed E-state index contributed by atoms with van der Waals surface area (Å²) in [5, 5.41) is 9.52. The Morgan fingerprint density at radius 2 is 1.59 bits per heavy atom. The van der Waals surface area contributed by atoms with Gasteiger partial charge in [0.2, 0.25) is 0 Å². The standard InChI is InChI=1S/C27H33Cl2N7O3/c1-4-35-11-13-36(14-12-35)19-7-5-18(6-8-19)33-23-16-24(32-17-31-23)34-27(37)30-10-9-20-25(28)21(38-2)15-22(39-3)26(20)29/h5-8,15-17H,4,9-14H2,1-3H3,(H3,30,31,32,33,34,37). The zero-order valence-corrected chi connectivity index (χ0v) is 23.8. The second-order valence-corrected chi connectivity index (χ2v) is 9.66. The first-order valence-corrected chi connectivity index (χ1v) is 13.5. The van der Waals surface area contributed by atoms with Gasteiger partial charge < -0.3 is 29.9 Å². The number of nitrogens with zero attached hydrogens (tertiary/aromatic N) is 4. The van der Waals surface area contributed by atoms with Crippen molar-refractivity contribution in [2.75, 3.05) is 69.0 Å². The van der Waals surface area contributed by atoms with E-state index in [0.717, 1.165) is 38.4 Å². The van der Waals surface area contributed by atoms with E-state index >= 15 is 0 Å². The molecule has 2 amide bonds. The predicted molar refractivity (Wildman–Crippen MR) is 156 cm³/mol. The van der Waals surface area contributed by atoms with Gasteiger partial charge in [-0.15, -0.1) is 0 Å². The molecule has 3 aromatic rings. The Kier molecular flexibility index (Phi) is 9.91. The number of hydrogen-bond acceptors (Lipinski definition) is 8. The second-order valence-electron chi connectivity index (χ2n) is 8.90. The Balaban J connectivity index is 1.29. The first kappa shape index (κ1) is 28.5. The van der Waals surface area contributed by atoms with Crippen LogP contribution in [0.1, 0.15) is 12.5 Å². The molecule has 3 N–H and O–H groups in total. The van der Waals surface area contributed by atoms with Gasteiger partial charge in [0.15, 0.2) is 0 Å². The highest BCUT2D eigenvalue weighted by Crippen LogP contribution is 2.40. The normalized spacial score (nSPS) is 13.6. The average Bonchev–Trinajstić information content (AvgIpc) is 2.95. The lowest BCUT2D eigenvalue weighted by Crippen LogP contribution is -2.46. The lowest BCUT2D eigenvalue weighted by molar-refractivity contribution is 0.252. The summed E-state index contributed by atoms with van der Waals surface area (Å²) in [6.45, 7) is 7.78. The van der Waals surface area contributed by atoms with E-state index in [2.05, 4.69) is 54.8 Å². The number of rotatable bonds is 10. The van der Waals surface area contributed by atoms with E-state index < -0.39 is 6.03 Å². The molecule has 0 spiro atoms. The van der Waals surface area contributed by atoms with Gasteiger partial charge in [-0.05, 0) is 42.8 Å². The van der Waals surface area contributed by atoms with Gasteiger partial charge in [0.25, 0.3) is 0 Å². The van der Waals surface area contributed by atoms with Crippen LogP contribution >= 0.6 is 23.2 Å². The molecule has 2 heterocycles. The number of carbonyl (C=O) groups is 1. The van der Waals surface area contributed by atoms with Gasteiger partial charge in [0.1, 0.15) is 29.5 Å². The number of hydrogen-bond donors (Lipinski definition) is 3. The van der Waals surface area contributed by atoms with E-state index in [1.165, 1.54) is 26.2 Å². The SMILES string of the molecule is CCN1CCN(c2ccc(Nc3cc(NC(=O)NCCc4c(Cl)c(OC)cc(OC)c4Cl)ncn3)cc2)CC1. The number of anilines is 4. The van der Waals surface area contributed by atoms with E-state index in [4.69, 9.17) is 32.7 Å². The zero-order chi connectivity index (χ0) is 27.8. The number of urea groups is 1. The van der Waals surface area contributed by atoms with Crippen molar-refractivity contribution in [1.29, 1.82) is 0 Å². The fourth-order valence-corrected chi connectivity index (χ4v) is 5.03. The van der Waals surface area contributed by atoms with Crippen LogP contribution in [0.15, 0.2) is 42.7 Å². The van der Waals surface area contributed by atoms with Crippen LogP contribution in [0, 0.1) is 0 Å². The lowest BCUT2D eigenvalue weighted by atomic mass is 10.1. The first-order chi connectivity index (χ1) is 18.9. The number of methoxy groups -OCH3 is 2.